The summed E-state index contributed by atoms with van der Waals surface area (Å²) >= 11 is 3.30. The SMILES string of the molecule is CC.CC(=O)C(Br)c1ccccc1. The van der Waals surface area contributed by atoms with Gasteiger partial charge >= 0.3 is 0 Å². The molecule has 0 aliphatic rings. The Balaban J connectivity index is 0.000000671. The summed E-state index contributed by atoms with van der Waals surface area (Å²) in [5.74, 6) is 0.135. The highest BCUT2D eigenvalue weighted by atomic mass is 79.9. The summed E-state index contributed by atoms with van der Waals surface area (Å²) in [6.45, 7) is 5.58. The van der Waals surface area contributed by atoms with Gasteiger partial charge in [0.25, 0.3) is 0 Å². The fraction of sp³-hybridized carbons (Fsp3) is 0.364. The van der Waals surface area contributed by atoms with Gasteiger partial charge in [0, 0.05) is 0 Å². The largest absolute Gasteiger partial charge is 0.298 e. The summed E-state index contributed by atoms with van der Waals surface area (Å²) in [6.07, 6.45) is 0. The molecule has 72 valence electrons. The third kappa shape index (κ3) is 4.23. The predicted octanol–water partition coefficient (Wildman–Crippen LogP) is 3.74. The second kappa shape index (κ2) is 6.84. The minimum atomic E-state index is -0.149. The highest BCUT2D eigenvalue weighted by Crippen LogP contribution is 2.22. The lowest BCUT2D eigenvalue weighted by atomic mass is 10.1. The van der Waals surface area contributed by atoms with Gasteiger partial charge in [0.15, 0.2) is 0 Å². The molecule has 13 heavy (non-hydrogen) atoms. The minimum absolute atomic E-state index is 0.135. The molecular formula is C11H15BrO. The first kappa shape index (κ1) is 12.4. The maximum Gasteiger partial charge on any atom is 0.147 e. The molecule has 2 heteroatoms. The number of rotatable bonds is 2. The van der Waals surface area contributed by atoms with Crippen LogP contribution in [0.2, 0.25) is 0 Å². The van der Waals surface area contributed by atoms with Crippen LogP contribution in [-0.2, 0) is 4.79 Å². The molecular weight excluding hydrogens is 228 g/mol. The number of carbonyl (C=O) groups is 1. The molecule has 1 unspecified atom stereocenters. The van der Waals surface area contributed by atoms with E-state index in [-0.39, 0.29) is 10.6 Å². The van der Waals surface area contributed by atoms with Gasteiger partial charge in [0.2, 0.25) is 0 Å². The second-order valence-corrected chi connectivity index (χ2v) is 3.30. The summed E-state index contributed by atoms with van der Waals surface area (Å²) in [5.41, 5.74) is 1.01. The van der Waals surface area contributed by atoms with Gasteiger partial charge in [-0.05, 0) is 12.5 Å². The smallest absolute Gasteiger partial charge is 0.147 e. The maximum absolute atomic E-state index is 10.9. The van der Waals surface area contributed by atoms with Crippen LogP contribution >= 0.6 is 15.9 Å². The first-order valence-electron chi connectivity index (χ1n) is 4.41. The molecule has 0 N–H and O–H groups in total. The van der Waals surface area contributed by atoms with Gasteiger partial charge in [0.05, 0.1) is 4.83 Å². The standard InChI is InChI=1S/C9H9BrO.C2H6/c1-7(11)9(10)8-5-3-2-4-6-8;1-2/h2-6,9H,1H3;1-2H3. The Hall–Kier alpha value is -0.630. The summed E-state index contributed by atoms with van der Waals surface area (Å²) in [6, 6.07) is 9.64. The van der Waals surface area contributed by atoms with Gasteiger partial charge in [-0.1, -0.05) is 60.1 Å². The van der Waals surface area contributed by atoms with Crippen molar-refractivity contribution in [2.75, 3.05) is 0 Å². The van der Waals surface area contributed by atoms with Crippen LogP contribution in [0.5, 0.6) is 0 Å². The van der Waals surface area contributed by atoms with Crippen LogP contribution in [0, 0.1) is 0 Å². The normalized spacial score (nSPS) is 11.1. The molecule has 1 rings (SSSR count). The van der Waals surface area contributed by atoms with Crippen molar-refractivity contribution in [2.24, 2.45) is 0 Å². The van der Waals surface area contributed by atoms with Crippen molar-refractivity contribution in [1.82, 2.24) is 0 Å². The van der Waals surface area contributed by atoms with Crippen molar-refractivity contribution >= 4 is 21.7 Å². The second-order valence-electron chi connectivity index (χ2n) is 2.38. The van der Waals surface area contributed by atoms with Crippen LogP contribution < -0.4 is 0 Å². The van der Waals surface area contributed by atoms with Crippen LogP contribution in [0.25, 0.3) is 0 Å². The Kier molecular flexibility index (Phi) is 6.51. The molecule has 0 radical (unpaired) electrons. The predicted molar refractivity (Wildman–Crippen MR) is 60.1 cm³/mol. The summed E-state index contributed by atoms with van der Waals surface area (Å²) in [4.78, 5) is 10.7. The monoisotopic (exact) mass is 242 g/mol. The number of hydrogen-bond donors (Lipinski definition) is 0. The zero-order valence-corrected chi connectivity index (χ0v) is 9.84. The fourth-order valence-corrected chi connectivity index (χ4v) is 1.16. The van der Waals surface area contributed by atoms with Crippen LogP contribution in [0.15, 0.2) is 30.3 Å². The third-order valence-corrected chi connectivity index (χ3v) is 2.62. The average molecular weight is 243 g/mol. The summed E-state index contributed by atoms with van der Waals surface area (Å²) in [7, 11) is 0. The molecule has 1 aromatic carbocycles. The Bertz CT molecular complexity index is 244. The zero-order valence-electron chi connectivity index (χ0n) is 8.25. The fourth-order valence-electron chi connectivity index (χ4n) is 0.857. The molecule has 0 saturated heterocycles. The minimum Gasteiger partial charge on any atom is -0.298 e. The average Bonchev–Trinajstić information content (AvgIpc) is 2.21. The first-order chi connectivity index (χ1) is 6.22. The van der Waals surface area contributed by atoms with E-state index < -0.39 is 0 Å². The van der Waals surface area contributed by atoms with E-state index in [1.165, 1.54) is 0 Å². The Morgan fingerprint density at radius 3 is 2.08 bits per heavy atom. The number of Topliss-reactive ketones (excluding diaryl/α,β-unsaturated/α-hetero) is 1. The van der Waals surface area contributed by atoms with E-state index in [9.17, 15) is 4.79 Å². The molecule has 1 nitrogen and oxygen atoms in total. The molecule has 1 atom stereocenters. The topological polar surface area (TPSA) is 17.1 Å². The molecule has 0 aliphatic heterocycles. The molecule has 0 bridgehead atoms. The number of ketones is 1. The lowest BCUT2D eigenvalue weighted by molar-refractivity contribution is -0.116. The van der Waals surface area contributed by atoms with Crippen molar-refractivity contribution in [3.8, 4) is 0 Å². The van der Waals surface area contributed by atoms with E-state index >= 15 is 0 Å². The molecule has 1 aromatic rings. The van der Waals surface area contributed by atoms with Crippen molar-refractivity contribution in [2.45, 2.75) is 25.6 Å². The Morgan fingerprint density at radius 1 is 1.23 bits per heavy atom. The zero-order chi connectivity index (χ0) is 10.3. The first-order valence-corrected chi connectivity index (χ1v) is 5.33. The van der Waals surface area contributed by atoms with Crippen molar-refractivity contribution in [1.29, 1.82) is 0 Å². The number of halogens is 1. The van der Waals surface area contributed by atoms with Gasteiger partial charge in [-0.3, -0.25) is 4.79 Å². The molecule has 0 aliphatic carbocycles. The maximum atomic E-state index is 10.9. The Morgan fingerprint density at radius 2 is 1.69 bits per heavy atom. The number of hydrogen-bond acceptors (Lipinski definition) is 1. The van der Waals surface area contributed by atoms with E-state index in [2.05, 4.69) is 15.9 Å². The van der Waals surface area contributed by atoms with Crippen LogP contribution in [0.4, 0.5) is 0 Å². The molecule has 0 aromatic heterocycles. The van der Waals surface area contributed by atoms with Crippen molar-refractivity contribution in [3.63, 3.8) is 0 Å². The number of alkyl halides is 1. The lowest BCUT2D eigenvalue weighted by Gasteiger charge is -2.03. The third-order valence-electron chi connectivity index (χ3n) is 1.45. The number of benzene rings is 1. The highest BCUT2D eigenvalue weighted by Gasteiger charge is 2.10. The van der Waals surface area contributed by atoms with Crippen molar-refractivity contribution in [3.05, 3.63) is 35.9 Å². The van der Waals surface area contributed by atoms with Gasteiger partial charge in [-0.15, -0.1) is 0 Å². The van der Waals surface area contributed by atoms with Gasteiger partial charge in [0.1, 0.15) is 5.78 Å². The molecule has 0 fully saturated rings. The Labute approximate surface area is 88.3 Å². The van der Waals surface area contributed by atoms with E-state index in [0.717, 1.165) is 5.56 Å². The van der Waals surface area contributed by atoms with Crippen LogP contribution in [0.1, 0.15) is 31.2 Å². The molecule has 0 amide bonds. The van der Waals surface area contributed by atoms with E-state index in [4.69, 9.17) is 0 Å². The molecule has 0 spiro atoms. The quantitative estimate of drug-likeness (QED) is 0.723. The van der Waals surface area contributed by atoms with E-state index in [1.807, 2.05) is 44.2 Å². The van der Waals surface area contributed by atoms with E-state index in [0.29, 0.717) is 0 Å². The van der Waals surface area contributed by atoms with E-state index in [1.54, 1.807) is 6.92 Å². The summed E-state index contributed by atoms with van der Waals surface area (Å²) < 4.78 is 0. The van der Waals surface area contributed by atoms with Gasteiger partial charge < -0.3 is 0 Å². The lowest BCUT2D eigenvalue weighted by Crippen LogP contribution is -1.99. The molecule has 0 heterocycles. The van der Waals surface area contributed by atoms with Crippen molar-refractivity contribution < 1.29 is 4.79 Å². The van der Waals surface area contributed by atoms with Crippen LogP contribution in [-0.4, -0.2) is 5.78 Å². The van der Waals surface area contributed by atoms with Crippen LogP contribution in [0.3, 0.4) is 0 Å². The highest BCUT2D eigenvalue weighted by molar-refractivity contribution is 9.09. The summed E-state index contributed by atoms with van der Waals surface area (Å²) in [5, 5.41) is 0. The molecule has 0 saturated carbocycles. The van der Waals surface area contributed by atoms with Gasteiger partial charge in [-0.25, -0.2) is 0 Å². The number of carbonyl (C=O) groups excluding carboxylic acids is 1. The van der Waals surface area contributed by atoms with Gasteiger partial charge in [-0.2, -0.15) is 0 Å².